The van der Waals surface area contributed by atoms with Gasteiger partial charge in [0.05, 0.1) is 24.3 Å². The van der Waals surface area contributed by atoms with Gasteiger partial charge in [0, 0.05) is 10.7 Å². The number of phenols is 1. The molecule has 2 N–H and O–H groups in total. The fourth-order valence-corrected chi connectivity index (χ4v) is 3.16. The molecule has 3 rings (SSSR count). The van der Waals surface area contributed by atoms with Gasteiger partial charge in [0.25, 0.3) is 5.91 Å². The molecule has 2 aromatic carbocycles. The predicted octanol–water partition coefficient (Wildman–Crippen LogP) is 3.93. The van der Waals surface area contributed by atoms with Gasteiger partial charge in [0.15, 0.2) is 17.2 Å². The number of nitrogens with zero attached hydrogens (tertiary/aromatic N) is 3. The second-order valence-corrected chi connectivity index (χ2v) is 7.55. The van der Waals surface area contributed by atoms with Crippen LogP contribution in [0.4, 0.5) is 0 Å². The number of carbonyl (C=O) groups excluding carboxylic acids is 1. The van der Waals surface area contributed by atoms with Crippen molar-refractivity contribution in [3.05, 3.63) is 74.4 Å². The maximum Gasteiger partial charge on any atom is 0.293 e. The predicted molar refractivity (Wildman–Crippen MR) is 113 cm³/mol. The molecule has 0 saturated heterocycles. The molecule has 7 nitrogen and oxygen atoms in total. The Balaban J connectivity index is 1.66. The molecule has 0 fully saturated rings. The van der Waals surface area contributed by atoms with Crippen LogP contribution in [0.2, 0.25) is 0 Å². The Morgan fingerprint density at radius 2 is 2.04 bits per heavy atom. The minimum atomic E-state index is -0.441. The summed E-state index contributed by atoms with van der Waals surface area (Å²) >= 11 is 6.76. The summed E-state index contributed by atoms with van der Waals surface area (Å²) in [5.74, 6) is -0.0861. The van der Waals surface area contributed by atoms with Crippen molar-refractivity contribution in [2.24, 2.45) is 5.10 Å². The molecule has 1 aromatic heterocycles. The maximum absolute atomic E-state index is 12.3. The van der Waals surface area contributed by atoms with Crippen LogP contribution in [0.1, 0.15) is 21.6 Å². The first-order chi connectivity index (χ1) is 13.5. The maximum atomic E-state index is 12.3. The Kier molecular flexibility index (Phi) is 6.48. The Bertz CT molecular complexity index is 1020. The van der Waals surface area contributed by atoms with E-state index in [1.54, 1.807) is 23.0 Å². The Morgan fingerprint density at radius 1 is 1.29 bits per heavy atom. The van der Waals surface area contributed by atoms with E-state index in [1.165, 1.54) is 19.4 Å². The van der Waals surface area contributed by atoms with Gasteiger partial charge in [0.2, 0.25) is 0 Å². The quantitative estimate of drug-likeness (QED) is 0.390. The zero-order chi connectivity index (χ0) is 20.1. The molecule has 0 atom stereocenters. The van der Waals surface area contributed by atoms with Gasteiger partial charge in [-0.3, -0.25) is 9.48 Å². The van der Waals surface area contributed by atoms with Crippen LogP contribution in [0.3, 0.4) is 0 Å². The Morgan fingerprint density at radius 3 is 2.75 bits per heavy atom. The summed E-state index contributed by atoms with van der Waals surface area (Å²) in [5.41, 5.74) is 4.40. The van der Waals surface area contributed by atoms with Gasteiger partial charge < -0.3 is 9.84 Å². The average Bonchev–Trinajstić information content (AvgIpc) is 3.05. The van der Waals surface area contributed by atoms with Gasteiger partial charge in [-0.15, -0.1) is 0 Å². The van der Waals surface area contributed by atoms with E-state index in [4.69, 9.17) is 4.74 Å². The Labute approximate surface area is 178 Å². The molecule has 0 aliphatic rings. The zero-order valence-corrected chi connectivity index (χ0v) is 17.9. The number of hydrazone groups is 1. The molecule has 0 unspecified atom stereocenters. The number of aromatic nitrogens is 2. The van der Waals surface area contributed by atoms with Crippen molar-refractivity contribution in [1.29, 1.82) is 0 Å². The summed E-state index contributed by atoms with van der Waals surface area (Å²) in [6.45, 7) is 0.537. The highest BCUT2D eigenvalue weighted by molar-refractivity contribution is 9.10. The molecule has 0 radical (unpaired) electrons. The first-order valence-corrected chi connectivity index (χ1v) is 9.72. The number of carbonyl (C=O) groups is 1. The van der Waals surface area contributed by atoms with Crippen LogP contribution in [0, 0.1) is 0 Å². The molecule has 0 bridgehead atoms. The van der Waals surface area contributed by atoms with Crippen LogP contribution in [-0.2, 0) is 6.54 Å². The lowest BCUT2D eigenvalue weighted by Gasteiger charge is -2.03. The number of aromatic hydroxyl groups is 1. The van der Waals surface area contributed by atoms with Gasteiger partial charge in [-0.25, -0.2) is 5.43 Å². The molecule has 1 amide bonds. The molecule has 0 aliphatic heterocycles. The van der Waals surface area contributed by atoms with Crippen LogP contribution in [0.5, 0.6) is 11.5 Å². The third-order valence-electron chi connectivity index (χ3n) is 3.77. The first kappa shape index (κ1) is 20.1. The van der Waals surface area contributed by atoms with Gasteiger partial charge >= 0.3 is 0 Å². The van der Waals surface area contributed by atoms with E-state index in [0.29, 0.717) is 22.3 Å². The van der Waals surface area contributed by atoms with Crippen molar-refractivity contribution in [3.63, 3.8) is 0 Å². The van der Waals surface area contributed by atoms with E-state index in [1.807, 2.05) is 24.3 Å². The van der Waals surface area contributed by atoms with Gasteiger partial charge in [-0.05, 0) is 57.4 Å². The first-order valence-electron chi connectivity index (χ1n) is 8.14. The second kappa shape index (κ2) is 9.03. The topological polar surface area (TPSA) is 88.7 Å². The van der Waals surface area contributed by atoms with E-state index in [0.717, 1.165) is 10.0 Å². The lowest BCUT2D eigenvalue weighted by molar-refractivity contribution is 0.0948. The molecule has 3 aromatic rings. The van der Waals surface area contributed by atoms with E-state index >= 15 is 0 Å². The second-order valence-electron chi connectivity index (χ2n) is 5.78. The number of methoxy groups -OCH3 is 1. The van der Waals surface area contributed by atoms with Gasteiger partial charge in [-0.2, -0.15) is 10.2 Å². The van der Waals surface area contributed by atoms with Crippen molar-refractivity contribution >= 4 is 44.0 Å². The monoisotopic (exact) mass is 506 g/mol. The average molecular weight is 508 g/mol. The number of hydrogen-bond acceptors (Lipinski definition) is 5. The fourth-order valence-electron chi connectivity index (χ4n) is 2.40. The van der Waals surface area contributed by atoms with Crippen molar-refractivity contribution < 1.29 is 14.6 Å². The van der Waals surface area contributed by atoms with Crippen molar-refractivity contribution in [2.75, 3.05) is 7.11 Å². The standard InChI is InChI=1S/C19H16Br2N4O3/c1-28-17-8-13(4-7-16(17)26)9-22-23-19(27)18-15(21)11-25(24-18)10-12-2-5-14(20)6-3-12/h2-9,11,26H,10H2,1H3,(H,23,27). The Hall–Kier alpha value is -2.65. The highest BCUT2D eigenvalue weighted by Gasteiger charge is 2.15. The molecule has 9 heteroatoms. The third kappa shape index (κ3) is 4.99. The fraction of sp³-hybridized carbons (Fsp3) is 0.105. The zero-order valence-electron chi connectivity index (χ0n) is 14.8. The van der Waals surface area contributed by atoms with Crippen molar-refractivity contribution in [1.82, 2.24) is 15.2 Å². The normalized spacial score (nSPS) is 11.0. The highest BCUT2D eigenvalue weighted by atomic mass is 79.9. The summed E-state index contributed by atoms with van der Waals surface area (Å²) in [6, 6.07) is 12.6. The molecule has 1 heterocycles. The number of halogens is 2. The van der Waals surface area contributed by atoms with Gasteiger partial charge in [-0.1, -0.05) is 28.1 Å². The van der Waals surface area contributed by atoms with E-state index in [-0.39, 0.29) is 11.4 Å². The lowest BCUT2D eigenvalue weighted by Crippen LogP contribution is -2.19. The summed E-state index contributed by atoms with van der Waals surface area (Å²) in [4.78, 5) is 12.3. The van der Waals surface area contributed by atoms with Crippen molar-refractivity contribution in [3.8, 4) is 11.5 Å². The molecule has 0 saturated carbocycles. The van der Waals surface area contributed by atoms with E-state index in [2.05, 4.69) is 47.5 Å². The largest absolute Gasteiger partial charge is 0.504 e. The molecule has 28 heavy (non-hydrogen) atoms. The highest BCUT2D eigenvalue weighted by Crippen LogP contribution is 2.25. The smallest absolute Gasteiger partial charge is 0.293 e. The van der Waals surface area contributed by atoms with Crippen molar-refractivity contribution in [2.45, 2.75) is 6.54 Å². The van der Waals surface area contributed by atoms with E-state index in [9.17, 15) is 9.90 Å². The number of ether oxygens (including phenoxy) is 1. The number of hydrogen-bond donors (Lipinski definition) is 2. The summed E-state index contributed by atoms with van der Waals surface area (Å²) in [5, 5.41) is 17.8. The summed E-state index contributed by atoms with van der Waals surface area (Å²) < 4.78 is 8.29. The minimum Gasteiger partial charge on any atom is -0.504 e. The SMILES string of the molecule is COc1cc(C=NNC(=O)c2nn(Cc3ccc(Br)cc3)cc2Br)ccc1O. The summed E-state index contributed by atoms with van der Waals surface area (Å²) in [6.07, 6.45) is 3.19. The third-order valence-corrected chi connectivity index (χ3v) is 4.88. The summed E-state index contributed by atoms with van der Waals surface area (Å²) in [7, 11) is 1.46. The number of phenolic OH excluding ortho intramolecular Hbond substituents is 1. The van der Waals surface area contributed by atoms with Crippen LogP contribution in [0.25, 0.3) is 0 Å². The molecular weight excluding hydrogens is 492 g/mol. The number of benzene rings is 2. The number of amides is 1. The van der Waals surface area contributed by atoms with Crippen LogP contribution >= 0.6 is 31.9 Å². The molecular formula is C19H16Br2N4O3. The lowest BCUT2D eigenvalue weighted by atomic mass is 10.2. The van der Waals surface area contributed by atoms with E-state index < -0.39 is 5.91 Å². The van der Waals surface area contributed by atoms with Gasteiger partial charge in [0.1, 0.15) is 0 Å². The number of nitrogens with one attached hydrogen (secondary N) is 1. The molecule has 144 valence electrons. The van der Waals surface area contributed by atoms with Crippen LogP contribution in [0.15, 0.2) is 62.7 Å². The number of rotatable bonds is 6. The van der Waals surface area contributed by atoms with Crippen LogP contribution < -0.4 is 10.2 Å². The minimum absolute atomic E-state index is 0.0314. The molecule has 0 spiro atoms. The van der Waals surface area contributed by atoms with Crippen LogP contribution in [-0.4, -0.2) is 34.1 Å². The molecule has 0 aliphatic carbocycles.